The van der Waals surface area contributed by atoms with Gasteiger partial charge in [-0.2, -0.15) is 0 Å². The predicted molar refractivity (Wildman–Crippen MR) is 155 cm³/mol. The second-order valence-electron chi connectivity index (χ2n) is 10.5. The number of nitrogens with zero attached hydrogens (tertiary/aromatic N) is 1. The van der Waals surface area contributed by atoms with Crippen molar-refractivity contribution in [2.45, 2.75) is 33.1 Å². The zero-order valence-electron chi connectivity index (χ0n) is 22.2. The number of nitrogens with one attached hydrogen (secondary N) is 1. The number of hydrogen-bond acceptors (Lipinski definition) is 4. The number of ether oxygens (including phenoxy) is 1. The van der Waals surface area contributed by atoms with Gasteiger partial charge in [0.25, 0.3) is 0 Å². The van der Waals surface area contributed by atoms with Crippen LogP contribution in [0.25, 0.3) is 21.9 Å². The Morgan fingerprint density at radius 1 is 0.949 bits per heavy atom. The Labute approximate surface area is 227 Å². The van der Waals surface area contributed by atoms with Gasteiger partial charge in [-0.15, -0.1) is 0 Å². The average molecular weight is 519 g/mol. The van der Waals surface area contributed by atoms with E-state index >= 15 is 0 Å². The Bertz CT molecular complexity index is 1700. The minimum atomic E-state index is -0.444. The summed E-state index contributed by atoms with van der Waals surface area (Å²) in [5.74, 6) is 1.19. The van der Waals surface area contributed by atoms with Crippen LogP contribution in [-0.4, -0.2) is 18.4 Å². The first-order chi connectivity index (χ1) is 18.9. The first kappa shape index (κ1) is 24.7. The fourth-order valence-corrected chi connectivity index (χ4v) is 5.21. The van der Waals surface area contributed by atoms with Crippen molar-refractivity contribution >= 4 is 45.1 Å². The van der Waals surface area contributed by atoms with E-state index in [1.54, 1.807) is 4.90 Å². The normalized spacial score (nSPS) is 15.4. The molecule has 1 aromatic heterocycles. The number of hydrogen-bond donors (Lipinski definition) is 1. The molecule has 196 valence electrons. The van der Waals surface area contributed by atoms with Gasteiger partial charge in [0.05, 0.1) is 5.92 Å². The summed E-state index contributed by atoms with van der Waals surface area (Å²) in [6, 6.07) is 27.2. The second-order valence-corrected chi connectivity index (χ2v) is 10.5. The van der Waals surface area contributed by atoms with E-state index in [1.807, 2.05) is 79.7 Å². The van der Waals surface area contributed by atoms with Gasteiger partial charge in [-0.05, 0) is 72.5 Å². The number of anilines is 2. The smallest absolute Gasteiger partial charge is 0.229 e. The lowest BCUT2D eigenvalue weighted by molar-refractivity contribution is -0.122. The Morgan fingerprint density at radius 2 is 1.72 bits per heavy atom. The fraction of sp³-hybridized carbons (Fsp3) is 0.212. The summed E-state index contributed by atoms with van der Waals surface area (Å²) < 4.78 is 12.1. The van der Waals surface area contributed by atoms with E-state index in [9.17, 15) is 9.59 Å². The second kappa shape index (κ2) is 9.95. The van der Waals surface area contributed by atoms with Crippen LogP contribution in [0.5, 0.6) is 11.5 Å². The zero-order valence-corrected chi connectivity index (χ0v) is 22.2. The highest BCUT2D eigenvalue weighted by Gasteiger charge is 2.35. The van der Waals surface area contributed by atoms with Gasteiger partial charge in [0.15, 0.2) is 0 Å². The number of fused-ring (bicyclic) bond motifs is 3. The molecule has 1 aliphatic rings. The maximum absolute atomic E-state index is 13.1. The molecule has 2 amide bonds. The average Bonchev–Trinajstić information content (AvgIpc) is 3.49. The topological polar surface area (TPSA) is 71.8 Å². The standard InChI is InChI=1S/C33H30N2O4/c1-20(2)26-14-8-21(3)16-30(26)38-25-12-10-24(11-13-25)35-19-22(17-32(35)36)33(37)34-23-9-15-28-27-6-4-5-7-29(27)39-31(28)18-23/h4-16,18,20,22H,17,19H2,1-3H3,(H,34,37)/t22-/m1/s1. The molecule has 0 spiro atoms. The van der Waals surface area contributed by atoms with E-state index in [4.69, 9.17) is 9.15 Å². The van der Waals surface area contributed by atoms with Gasteiger partial charge in [0.1, 0.15) is 22.7 Å². The lowest BCUT2D eigenvalue weighted by Gasteiger charge is -2.18. The Morgan fingerprint density at radius 3 is 2.51 bits per heavy atom. The summed E-state index contributed by atoms with van der Waals surface area (Å²) in [6.07, 6.45) is 0.165. The number of amides is 2. The molecule has 6 heteroatoms. The van der Waals surface area contributed by atoms with Crippen LogP contribution in [0.1, 0.15) is 37.3 Å². The van der Waals surface area contributed by atoms with Gasteiger partial charge < -0.3 is 19.4 Å². The molecule has 0 saturated carbocycles. The summed E-state index contributed by atoms with van der Waals surface area (Å²) >= 11 is 0. The summed E-state index contributed by atoms with van der Waals surface area (Å²) in [5, 5.41) is 5.01. The third kappa shape index (κ3) is 4.86. The molecule has 0 unspecified atom stereocenters. The third-order valence-electron chi connectivity index (χ3n) is 7.31. The molecule has 0 radical (unpaired) electrons. The van der Waals surface area contributed by atoms with Crippen LogP contribution < -0.4 is 15.0 Å². The summed E-state index contributed by atoms with van der Waals surface area (Å²) in [6.45, 7) is 6.66. The number of benzene rings is 4. The zero-order chi connectivity index (χ0) is 27.1. The number of carbonyl (C=O) groups is 2. The monoisotopic (exact) mass is 518 g/mol. The van der Waals surface area contributed by atoms with Crippen molar-refractivity contribution in [2.75, 3.05) is 16.8 Å². The summed E-state index contributed by atoms with van der Waals surface area (Å²) in [7, 11) is 0. The van der Waals surface area contributed by atoms with Gasteiger partial charge in [-0.3, -0.25) is 9.59 Å². The number of rotatable bonds is 6. The molecule has 4 aromatic carbocycles. The van der Waals surface area contributed by atoms with Crippen molar-refractivity contribution in [3.8, 4) is 11.5 Å². The van der Waals surface area contributed by atoms with Crippen molar-refractivity contribution < 1.29 is 18.7 Å². The van der Waals surface area contributed by atoms with Crippen LogP contribution in [0.15, 0.2) is 89.3 Å². The van der Waals surface area contributed by atoms with Crippen LogP contribution in [0.3, 0.4) is 0 Å². The van der Waals surface area contributed by atoms with Gasteiger partial charge in [0.2, 0.25) is 11.8 Å². The molecule has 39 heavy (non-hydrogen) atoms. The molecular weight excluding hydrogens is 488 g/mol. The van der Waals surface area contributed by atoms with Gasteiger partial charge in [-0.25, -0.2) is 0 Å². The predicted octanol–water partition coefficient (Wildman–Crippen LogP) is 7.80. The highest BCUT2D eigenvalue weighted by Crippen LogP contribution is 2.34. The lowest BCUT2D eigenvalue weighted by Crippen LogP contribution is -2.28. The number of carbonyl (C=O) groups excluding carboxylic acids is 2. The van der Waals surface area contributed by atoms with Crippen molar-refractivity contribution in [3.05, 3.63) is 96.1 Å². The van der Waals surface area contributed by atoms with Gasteiger partial charge in [0, 0.05) is 41.2 Å². The summed E-state index contributed by atoms with van der Waals surface area (Å²) in [4.78, 5) is 27.6. The number of aryl methyl sites for hydroxylation is 1. The molecule has 1 N–H and O–H groups in total. The summed E-state index contributed by atoms with van der Waals surface area (Å²) in [5.41, 5.74) is 5.20. The van der Waals surface area contributed by atoms with Crippen LogP contribution in [0.2, 0.25) is 0 Å². The molecule has 6 nitrogen and oxygen atoms in total. The van der Waals surface area contributed by atoms with Crippen molar-refractivity contribution in [1.29, 1.82) is 0 Å². The molecule has 1 saturated heterocycles. The van der Waals surface area contributed by atoms with Gasteiger partial charge in [-0.1, -0.05) is 44.2 Å². The van der Waals surface area contributed by atoms with E-state index in [1.165, 1.54) is 0 Å². The highest BCUT2D eigenvalue weighted by molar-refractivity contribution is 6.07. The molecule has 0 bridgehead atoms. The molecular formula is C33H30N2O4. The maximum atomic E-state index is 13.1. The minimum absolute atomic E-state index is 0.0719. The molecule has 0 aliphatic carbocycles. The largest absolute Gasteiger partial charge is 0.457 e. The Hall–Kier alpha value is -4.58. The minimum Gasteiger partial charge on any atom is -0.457 e. The van der Waals surface area contributed by atoms with Crippen LogP contribution in [0, 0.1) is 12.8 Å². The molecule has 1 atom stereocenters. The van der Waals surface area contributed by atoms with E-state index in [-0.39, 0.29) is 18.2 Å². The Kier molecular flexibility index (Phi) is 6.31. The van der Waals surface area contributed by atoms with Gasteiger partial charge >= 0.3 is 0 Å². The van der Waals surface area contributed by atoms with Crippen LogP contribution in [0.4, 0.5) is 11.4 Å². The van der Waals surface area contributed by atoms with Crippen LogP contribution >= 0.6 is 0 Å². The van der Waals surface area contributed by atoms with Crippen molar-refractivity contribution in [3.63, 3.8) is 0 Å². The fourth-order valence-electron chi connectivity index (χ4n) is 5.21. The molecule has 2 heterocycles. The van der Waals surface area contributed by atoms with E-state index in [0.29, 0.717) is 29.5 Å². The molecule has 5 aromatic rings. The van der Waals surface area contributed by atoms with E-state index in [2.05, 4.69) is 31.3 Å². The van der Waals surface area contributed by atoms with Crippen molar-refractivity contribution in [2.24, 2.45) is 5.92 Å². The lowest BCUT2D eigenvalue weighted by atomic mass is 10.0. The molecule has 1 aliphatic heterocycles. The number of furan rings is 1. The van der Waals surface area contributed by atoms with Crippen LogP contribution in [-0.2, 0) is 9.59 Å². The first-order valence-corrected chi connectivity index (χ1v) is 13.3. The number of para-hydroxylation sites is 1. The third-order valence-corrected chi connectivity index (χ3v) is 7.31. The molecule has 6 rings (SSSR count). The quantitative estimate of drug-likeness (QED) is 0.249. The van der Waals surface area contributed by atoms with E-state index in [0.717, 1.165) is 38.9 Å². The van der Waals surface area contributed by atoms with Crippen molar-refractivity contribution in [1.82, 2.24) is 0 Å². The SMILES string of the molecule is Cc1ccc(C(C)C)c(Oc2ccc(N3C[C@H](C(=O)Nc4ccc5c(c4)oc4ccccc45)CC3=O)cc2)c1. The Balaban J connectivity index is 1.13. The maximum Gasteiger partial charge on any atom is 0.229 e. The molecule has 1 fully saturated rings. The highest BCUT2D eigenvalue weighted by atomic mass is 16.5. The van der Waals surface area contributed by atoms with E-state index < -0.39 is 5.92 Å². The first-order valence-electron chi connectivity index (χ1n) is 13.3.